The lowest BCUT2D eigenvalue weighted by atomic mass is 9.79. The van der Waals surface area contributed by atoms with Gasteiger partial charge >= 0.3 is 0 Å². The summed E-state index contributed by atoms with van der Waals surface area (Å²) in [4.78, 5) is 89.6. The van der Waals surface area contributed by atoms with Gasteiger partial charge < -0.3 is 70.7 Å². The number of piperazine rings is 1. The van der Waals surface area contributed by atoms with Gasteiger partial charge in [0.25, 0.3) is 11.8 Å². The molecule has 0 spiro atoms. The zero-order valence-electron chi connectivity index (χ0n) is 49.7. The van der Waals surface area contributed by atoms with Crippen molar-refractivity contribution in [3.63, 3.8) is 0 Å². The Bertz CT molecular complexity index is 2850. The number of likely N-dealkylation sites (N-methyl/N-ethyl adjacent to an activating group) is 1. The van der Waals surface area contributed by atoms with Gasteiger partial charge in [-0.15, -0.1) is 0 Å². The average Bonchev–Trinajstić information content (AvgIpc) is 3.76. The molecular formula is C61H83ClF2N10O11. The number of nitrogen functional groups attached to an aromatic ring is 1. The summed E-state index contributed by atoms with van der Waals surface area (Å²) < 4.78 is 57.5. The van der Waals surface area contributed by atoms with Crippen LogP contribution in [0.2, 0.25) is 5.02 Å². The van der Waals surface area contributed by atoms with Crippen molar-refractivity contribution in [2.45, 2.75) is 91.1 Å². The van der Waals surface area contributed by atoms with Crippen LogP contribution in [-0.4, -0.2) is 179 Å². The molecule has 3 heterocycles. The van der Waals surface area contributed by atoms with Gasteiger partial charge in [0.15, 0.2) is 17.4 Å². The van der Waals surface area contributed by atoms with E-state index in [-0.39, 0.29) is 83.3 Å². The van der Waals surface area contributed by atoms with Crippen molar-refractivity contribution in [1.82, 2.24) is 41.0 Å². The van der Waals surface area contributed by atoms with Gasteiger partial charge in [-0.05, 0) is 87.2 Å². The van der Waals surface area contributed by atoms with Crippen LogP contribution in [0.1, 0.15) is 105 Å². The lowest BCUT2D eigenvalue weighted by molar-refractivity contribution is -0.144. The van der Waals surface area contributed by atoms with Gasteiger partial charge in [-0.1, -0.05) is 69.6 Å². The number of hydrogen-bond acceptors (Lipinski definition) is 15. The number of carbonyl (C=O) groups excluding carboxylic acids is 6. The van der Waals surface area contributed by atoms with Crippen molar-refractivity contribution in [1.29, 1.82) is 0 Å². The highest BCUT2D eigenvalue weighted by Crippen LogP contribution is 2.34. The molecule has 2 aliphatic heterocycles. The topological polar surface area (TPSA) is 257 Å². The van der Waals surface area contributed by atoms with Crippen LogP contribution in [-0.2, 0) is 38.1 Å². The van der Waals surface area contributed by atoms with E-state index in [4.69, 9.17) is 41.0 Å². The fourth-order valence-electron chi connectivity index (χ4n) is 9.80. The number of benzene rings is 3. The predicted octanol–water partition coefficient (Wildman–Crippen LogP) is 5.94. The molecule has 6 atom stereocenters. The summed E-state index contributed by atoms with van der Waals surface area (Å²) in [6.45, 7) is 16.2. The number of amides is 6. The van der Waals surface area contributed by atoms with E-state index in [0.717, 1.165) is 17.7 Å². The second-order valence-electron chi connectivity index (χ2n) is 22.0. The van der Waals surface area contributed by atoms with E-state index in [2.05, 4.69) is 31.6 Å². The maximum atomic E-state index is 14.6. The van der Waals surface area contributed by atoms with Crippen molar-refractivity contribution in [2.75, 3.05) is 117 Å². The van der Waals surface area contributed by atoms with Gasteiger partial charge in [0.05, 0.1) is 93.4 Å². The predicted molar refractivity (Wildman–Crippen MR) is 318 cm³/mol. The molecule has 21 nitrogen and oxygen atoms in total. The number of carbonyl (C=O) groups is 6. The van der Waals surface area contributed by atoms with E-state index in [1.54, 1.807) is 52.9 Å². The third-order valence-corrected chi connectivity index (χ3v) is 15.3. The Morgan fingerprint density at radius 3 is 2.06 bits per heavy atom. The Kier molecular flexibility index (Phi) is 26.2. The number of nitrogens with two attached hydrogens (primary N) is 1. The molecule has 85 heavy (non-hydrogen) atoms. The van der Waals surface area contributed by atoms with E-state index in [1.807, 2.05) is 58.0 Å². The maximum absolute atomic E-state index is 14.6. The first-order valence-electron chi connectivity index (χ1n) is 28.9. The first-order valence-corrected chi connectivity index (χ1v) is 29.3. The van der Waals surface area contributed by atoms with E-state index < -0.39 is 52.6 Å². The largest absolute Gasteiger partial charge is 0.482 e. The molecule has 2 saturated heterocycles. The van der Waals surface area contributed by atoms with Crippen LogP contribution < -0.4 is 37.1 Å². The Labute approximate surface area is 501 Å². The normalized spacial score (nSPS) is 16.8. The van der Waals surface area contributed by atoms with Gasteiger partial charge in [0.2, 0.25) is 23.6 Å². The minimum absolute atomic E-state index is 0.0551. The number of aromatic nitrogens is 1. The van der Waals surface area contributed by atoms with E-state index >= 15 is 0 Å². The number of likely N-dealkylation sites (tertiary alicyclic amines) is 1. The molecule has 0 bridgehead atoms. The molecule has 1 unspecified atom stereocenters. The third kappa shape index (κ3) is 19.8. The number of rotatable bonds is 31. The third-order valence-electron chi connectivity index (χ3n) is 15.0. The molecule has 3 aromatic carbocycles. The van der Waals surface area contributed by atoms with E-state index in [1.165, 1.54) is 19.2 Å². The Morgan fingerprint density at radius 2 is 1.44 bits per heavy atom. The van der Waals surface area contributed by atoms with Crippen molar-refractivity contribution >= 4 is 58.5 Å². The maximum Gasteiger partial charge on any atom is 0.257 e. The molecule has 2 fully saturated rings. The highest BCUT2D eigenvalue weighted by atomic mass is 35.5. The Hall–Kier alpha value is -6.86. The molecule has 4 aromatic rings. The highest BCUT2D eigenvalue weighted by Gasteiger charge is 2.45. The minimum atomic E-state index is -1.16. The molecule has 1 aromatic heterocycles. The summed E-state index contributed by atoms with van der Waals surface area (Å²) in [6, 6.07) is 18.0. The van der Waals surface area contributed by atoms with Crippen molar-refractivity contribution in [3.8, 4) is 5.75 Å². The van der Waals surface area contributed by atoms with Crippen LogP contribution in [0, 0.1) is 23.0 Å². The van der Waals surface area contributed by atoms with Gasteiger partial charge in [0.1, 0.15) is 18.0 Å². The number of anilines is 2. The summed E-state index contributed by atoms with van der Waals surface area (Å²) >= 11 is 5.84. The standard InChI is InChI=1S/C61H83ClF2N10O11/c1-8-49(41-12-10-9-11-13-41)71-58(78)50-35-45(38-74(50)60(80)46(61(4,5)6)37-69-56(76)39(2)66-7)67-21-27-82-29-31-84-33-32-83-30-28-81-26-20-52(75)72-22-24-73(25-23-72)59(79)42-14-16-44(17-15-42)70-57(77)43-34-51(55(65)68-36-43)85-40(3)53-48(63)19-18-47(62)54(53)64/h9-19,34,36,39-40,45-46,49-50,66-67H,8,20-33,35,37-38H2,1-7H3,(H2,65,68)(H,69,76)(H,70,77)(H,71,78)/t39-,40-,45-,46?,49+,50-/m1/s1. The molecule has 6 amide bonds. The molecular weight excluding hydrogens is 1120 g/mol. The number of ether oxygens (including phenoxy) is 5. The van der Waals surface area contributed by atoms with E-state index in [0.29, 0.717) is 110 Å². The first kappa shape index (κ1) is 67.3. The summed E-state index contributed by atoms with van der Waals surface area (Å²) in [5.41, 5.74) is 6.88. The Morgan fingerprint density at radius 1 is 0.812 bits per heavy atom. The molecule has 0 radical (unpaired) electrons. The monoisotopic (exact) mass is 1200 g/mol. The number of halogens is 3. The lowest BCUT2D eigenvalue weighted by Crippen LogP contribution is -2.53. The average molecular weight is 1210 g/mol. The number of nitrogens with zero attached hydrogens (tertiary/aromatic N) is 4. The van der Waals surface area contributed by atoms with Crippen LogP contribution in [0.5, 0.6) is 5.75 Å². The fourth-order valence-corrected chi connectivity index (χ4v) is 9.96. The van der Waals surface area contributed by atoms with Gasteiger partial charge in [0, 0.05) is 69.3 Å². The summed E-state index contributed by atoms with van der Waals surface area (Å²) in [5.74, 6) is -4.04. The smallest absolute Gasteiger partial charge is 0.257 e. The van der Waals surface area contributed by atoms with Crippen LogP contribution in [0.4, 0.5) is 20.3 Å². The van der Waals surface area contributed by atoms with Gasteiger partial charge in [-0.2, -0.15) is 0 Å². The van der Waals surface area contributed by atoms with Crippen LogP contribution >= 0.6 is 11.6 Å². The second kappa shape index (κ2) is 33.2. The summed E-state index contributed by atoms with van der Waals surface area (Å²) in [6.07, 6.45) is 1.36. The lowest BCUT2D eigenvalue weighted by Gasteiger charge is -2.35. The highest BCUT2D eigenvalue weighted by molar-refractivity contribution is 6.30. The Balaban J connectivity index is 0.808. The number of nitrogens with one attached hydrogen (secondary N) is 5. The molecule has 464 valence electrons. The minimum Gasteiger partial charge on any atom is -0.482 e. The first-order chi connectivity index (χ1) is 40.7. The quantitative estimate of drug-likeness (QED) is 0.0252. The van der Waals surface area contributed by atoms with Crippen molar-refractivity contribution < 1.29 is 61.2 Å². The van der Waals surface area contributed by atoms with Crippen LogP contribution in [0.25, 0.3) is 0 Å². The zero-order valence-corrected chi connectivity index (χ0v) is 50.4. The molecule has 24 heteroatoms. The molecule has 0 aliphatic carbocycles. The van der Waals surface area contributed by atoms with Crippen molar-refractivity contribution in [3.05, 3.63) is 118 Å². The zero-order chi connectivity index (χ0) is 61.6. The van der Waals surface area contributed by atoms with Crippen LogP contribution in [0.3, 0.4) is 0 Å². The van der Waals surface area contributed by atoms with E-state index in [9.17, 15) is 37.5 Å². The fraction of sp³-hybridized carbons (Fsp3) is 0.525. The van der Waals surface area contributed by atoms with Crippen molar-refractivity contribution in [2.24, 2.45) is 11.3 Å². The second-order valence-corrected chi connectivity index (χ2v) is 22.4. The molecule has 0 saturated carbocycles. The molecule has 7 N–H and O–H groups in total. The van der Waals surface area contributed by atoms with Gasteiger partial charge in [-0.25, -0.2) is 13.8 Å². The van der Waals surface area contributed by atoms with Gasteiger partial charge in [-0.3, -0.25) is 28.8 Å². The summed E-state index contributed by atoms with van der Waals surface area (Å²) in [7, 11) is 1.70. The SMILES string of the molecule is CC[C@H](NC(=O)[C@H]1C[C@@H](NCCOCCOCCOCCOCCC(=O)N2CCN(C(=O)c3ccc(NC(=O)c4cnc(N)c(O[C@H](C)c5c(F)ccc(Cl)c5F)c4)cc3)CC2)CN1C(=O)C(CNC(=O)[C@@H](C)NC)C(C)(C)C)c1ccccc1. The number of hydrogen-bond donors (Lipinski definition) is 6. The molecule has 2 aliphatic rings. The molecule has 6 rings (SSSR count). The summed E-state index contributed by atoms with van der Waals surface area (Å²) in [5, 5.41) is 15.0. The van der Waals surface area contributed by atoms with Crippen LogP contribution in [0.15, 0.2) is 79.0 Å². The number of pyridine rings is 1.